The summed E-state index contributed by atoms with van der Waals surface area (Å²) in [6, 6.07) is 7.34. The van der Waals surface area contributed by atoms with Crippen molar-refractivity contribution in [3.05, 3.63) is 41.6 Å². The van der Waals surface area contributed by atoms with E-state index in [0.29, 0.717) is 0 Å². The lowest BCUT2D eigenvalue weighted by atomic mass is 10.2. The van der Waals surface area contributed by atoms with E-state index < -0.39 is 11.8 Å². The lowest BCUT2D eigenvalue weighted by molar-refractivity contribution is -0.140. The fourth-order valence-electron chi connectivity index (χ4n) is 1.77. The van der Waals surface area contributed by atoms with Gasteiger partial charge in [-0.15, -0.1) is 0 Å². The zero-order valence-corrected chi connectivity index (χ0v) is 14.0. The van der Waals surface area contributed by atoms with Crippen molar-refractivity contribution < 1.29 is 23.8 Å². The average Bonchev–Trinajstić information content (AvgIpc) is 2.53. The van der Waals surface area contributed by atoms with Gasteiger partial charge in [-0.1, -0.05) is 12.1 Å². The summed E-state index contributed by atoms with van der Waals surface area (Å²) in [5.41, 5.74) is 0.888. The van der Waals surface area contributed by atoms with Gasteiger partial charge in [-0.3, -0.25) is 4.79 Å². The molecule has 6 nitrogen and oxygen atoms in total. The highest BCUT2D eigenvalue weighted by atomic mass is 16.5. The number of carbonyl (C=O) groups excluding carboxylic acids is 2. The van der Waals surface area contributed by atoms with Crippen LogP contribution in [0.25, 0.3) is 0 Å². The van der Waals surface area contributed by atoms with Crippen LogP contribution in [-0.2, 0) is 25.7 Å². The standard InChI is InChI=1S/C17H23NO5/c1-5-23-17(20)15(10-18(2)3)16(19)12-22-11-13-6-8-14(21-4)9-7-13/h6-10H,5,11-12H2,1-4H3. The Labute approximate surface area is 136 Å². The maximum atomic E-state index is 12.1. The van der Waals surface area contributed by atoms with Crippen molar-refractivity contribution in [3.8, 4) is 5.75 Å². The number of ketones is 1. The van der Waals surface area contributed by atoms with Gasteiger partial charge in [0.05, 0.1) is 20.3 Å². The van der Waals surface area contributed by atoms with Gasteiger partial charge in [0.1, 0.15) is 17.9 Å². The second-order valence-electron chi connectivity index (χ2n) is 4.99. The highest BCUT2D eigenvalue weighted by Crippen LogP contribution is 2.12. The normalized spacial score (nSPS) is 11.0. The Morgan fingerprint density at radius 2 is 1.83 bits per heavy atom. The molecule has 1 aromatic carbocycles. The first-order valence-corrected chi connectivity index (χ1v) is 7.27. The van der Waals surface area contributed by atoms with Crippen molar-refractivity contribution in [2.45, 2.75) is 13.5 Å². The van der Waals surface area contributed by atoms with Crippen LogP contribution >= 0.6 is 0 Å². The molecule has 1 rings (SSSR count). The predicted octanol–water partition coefficient (Wildman–Crippen LogP) is 1.79. The van der Waals surface area contributed by atoms with Crippen LogP contribution in [0.15, 0.2) is 36.0 Å². The van der Waals surface area contributed by atoms with Gasteiger partial charge in [0.2, 0.25) is 0 Å². The van der Waals surface area contributed by atoms with E-state index in [1.165, 1.54) is 6.20 Å². The third-order valence-corrected chi connectivity index (χ3v) is 2.84. The molecule has 23 heavy (non-hydrogen) atoms. The monoisotopic (exact) mass is 321 g/mol. The summed E-state index contributed by atoms with van der Waals surface area (Å²) in [4.78, 5) is 25.6. The summed E-state index contributed by atoms with van der Waals surface area (Å²) in [5, 5.41) is 0. The van der Waals surface area contributed by atoms with Crippen LogP contribution in [0, 0.1) is 0 Å². The second-order valence-corrected chi connectivity index (χ2v) is 4.99. The lowest BCUT2D eigenvalue weighted by Crippen LogP contribution is -2.22. The van der Waals surface area contributed by atoms with Gasteiger partial charge in [0.25, 0.3) is 0 Å². The molecule has 0 aromatic heterocycles. The Hall–Kier alpha value is -2.34. The van der Waals surface area contributed by atoms with E-state index in [1.54, 1.807) is 33.0 Å². The van der Waals surface area contributed by atoms with Gasteiger partial charge < -0.3 is 19.1 Å². The largest absolute Gasteiger partial charge is 0.497 e. The topological polar surface area (TPSA) is 65.1 Å². The maximum Gasteiger partial charge on any atom is 0.343 e. The van der Waals surface area contributed by atoms with Gasteiger partial charge in [-0.05, 0) is 24.6 Å². The predicted molar refractivity (Wildman–Crippen MR) is 86.1 cm³/mol. The van der Waals surface area contributed by atoms with Crippen LogP contribution in [0.1, 0.15) is 12.5 Å². The summed E-state index contributed by atoms with van der Waals surface area (Å²) in [5.74, 6) is -0.298. The molecule has 0 bridgehead atoms. The van der Waals surface area contributed by atoms with Crippen LogP contribution < -0.4 is 4.74 Å². The van der Waals surface area contributed by atoms with Crippen LogP contribution in [0.4, 0.5) is 0 Å². The molecular formula is C17H23NO5. The minimum atomic E-state index is -0.640. The fraction of sp³-hybridized carbons (Fsp3) is 0.412. The summed E-state index contributed by atoms with van der Waals surface area (Å²) >= 11 is 0. The van der Waals surface area contributed by atoms with Gasteiger partial charge >= 0.3 is 5.97 Å². The van der Waals surface area contributed by atoms with Crippen LogP contribution in [0.2, 0.25) is 0 Å². The molecule has 126 valence electrons. The second kappa shape index (κ2) is 9.63. The van der Waals surface area contributed by atoms with Gasteiger partial charge in [-0.2, -0.15) is 0 Å². The molecule has 1 aromatic rings. The van der Waals surface area contributed by atoms with E-state index in [1.807, 2.05) is 24.3 Å². The average molecular weight is 321 g/mol. The number of hydrogen-bond donors (Lipinski definition) is 0. The molecule has 0 fully saturated rings. The molecule has 0 heterocycles. The molecule has 0 amide bonds. The van der Waals surface area contributed by atoms with E-state index in [9.17, 15) is 9.59 Å². The Kier molecular flexibility index (Phi) is 7.83. The van der Waals surface area contributed by atoms with Crippen molar-refractivity contribution in [3.63, 3.8) is 0 Å². The molecule has 0 aliphatic rings. The van der Waals surface area contributed by atoms with E-state index in [4.69, 9.17) is 14.2 Å². The summed E-state index contributed by atoms with van der Waals surface area (Å²) in [6.07, 6.45) is 1.44. The molecule has 0 N–H and O–H groups in total. The van der Waals surface area contributed by atoms with E-state index in [-0.39, 0.29) is 25.4 Å². The van der Waals surface area contributed by atoms with Gasteiger partial charge in [-0.25, -0.2) is 4.79 Å². The van der Waals surface area contributed by atoms with Crippen molar-refractivity contribution in [1.29, 1.82) is 0 Å². The van der Waals surface area contributed by atoms with E-state index >= 15 is 0 Å². The number of hydrogen-bond acceptors (Lipinski definition) is 6. The summed E-state index contributed by atoms with van der Waals surface area (Å²) in [6.45, 7) is 1.98. The molecule has 0 atom stereocenters. The molecule has 0 saturated carbocycles. The number of benzene rings is 1. The van der Waals surface area contributed by atoms with E-state index in [0.717, 1.165) is 11.3 Å². The quantitative estimate of drug-likeness (QED) is 0.299. The maximum absolute atomic E-state index is 12.1. The highest BCUT2D eigenvalue weighted by Gasteiger charge is 2.20. The number of nitrogens with zero attached hydrogens (tertiary/aromatic N) is 1. The van der Waals surface area contributed by atoms with Crippen LogP contribution in [0.3, 0.4) is 0 Å². The first kappa shape index (κ1) is 18.7. The highest BCUT2D eigenvalue weighted by molar-refractivity contribution is 6.17. The number of Topliss-reactive ketones (excluding diaryl/α,β-unsaturated/α-hetero) is 1. The minimum absolute atomic E-state index is 0.0217. The number of rotatable bonds is 9. The zero-order chi connectivity index (χ0) is 17.2. The van der Waals surface area contributed by atoms with Crippen LogP contribution in [-0.4, -0.2) is 51.1 Å². The first-order valence-electron chi connectivity index (χ1n) is 7.27. The molecule has 0 radical (unpaired) electrons. The number of carbonyl (C=O) groups is 2. The lowest BCUT2D eigenvalue weighted by Gasteiger charge is -2.11. The number of esters is 1. The number of ether oxygens (including phenoxy) is 3. The minimum Gasteiger partial charge on any atom is -0.497 e. The smallest absolute Gasteiger partial charge is 0.343 e. The Balaban J connectivity index is 2.59. The molecule has 0 aliphatic heterocycles. The third kappa shape index (κ3) is 6.52. The van der Waals surface area contributed by atoms with Crippen LogP contribution in [0.5, 0.6) is 5.75 Å². The Morgan fingerprint density at radius 1 is 1.17 bits per heavy atom. The van der Waals surface area contributed by atoms with Crippen molar-refractivity contribution >= 4 is 11.8 Å². The third-order valence-electron chi connectivity index (χ3n) is 2.84. The summed E-state index contributed by atoms with van der Waals surface area (Å²) in [7, 11) is 5.05. The SMILES string of the molecule is CCOC(=O)C(=CN(C)C)C(=O)COCc1ccc(OC)cc1. The molecule has 0 aliphatic carbocycles. The first-order chi connectivity index (χ1) is 11.0. The molecule has 6 heteroatoms. The van der Waals surface area contributed by atoms with Crippen molar-refractivity contribution in [2.75, 3.05) is 34.4 Å². The Bertz CT molecular complexity index is 549. The van der Waals surface area contributed by atoms with Crippen molar-refractivity contribution in [2.24, 2.45) is 0 Å². The number of methoxy groups -OCH3 is 1. The van der Waals surface area contributed by atoms with Gasteiger partial charge in [0.15, 0.2) is 5.78 Å². The molecule has 0 unspecified atom stereocenters. The molecule has 0 spiro atoms. The van der Waals surface area contributed by atoms with Crippen molar-refractivity contribution in [1.82, 2.24) is 4.90 Å². The molecule has 0 saturated heterocycles. The van der Waals surface area contributed by atoms with Gasteiger partial charge in [0, 0.05) is 20.3 Å². The zero-order valence-electron chi connectivity index (χ0n) is 14.0. The fourth-order valence-corrected chi connectivity index (χ4v) is 1.77. The summed E-state index contributed by atoms with van der Waals surface area (Å²) < 4.78 is 15.4. The van der Waals surface area contributed by atoms with E-state index in [2.05, 4.69) is 0 Å². The Morgan fingerprint density at radius 3 is 2.35 bits per heavy atom. The molecular weight excluding hydrogens is 298 g/mol.